The summed E-state index contributed by atoms with van der Waals surface area (Å²) in [4.78, 5) is 14.4. The summed E-state index contributed by atoms with van der Waals surface area (Å²) in [6.45, 7) is 4.14. The van der Waals surface area contributed by atoms with Crippen molar-refractivity contribution < 1.29 is 14.6 Å². The van der Waals surface area contributed by atoms with E-state index in [1.165, 1.54) is 18.5 Å². The molecule has 4 nitrogen and oxygen atoms in total. The molecule has 0 saturated carbocycles. The summed E-state index contributed by atoms with van der Waals surface area (Å²) in [5.41, 5.74) is 0.135. The lowest BCUT2D eigenvalue weighted by Crippen LogP contribution is -2.01. The minimum absolute atomic E-state index is 0.135. The Morgan fingerprint density at radius 3 is 3.07 bits per heavy atom. The lowest BCUT2D eigenvalue weighted by Gasteiger charge is -2.04. The average Bonchev–Trinajstić information content (AvgIpc) is 2.25. The number of pyridine rings is 1. The van der Waals surface area contributed by atoms with Gasteiger partial charge in [-0.3, -0.25) is 4.98 Å². The number of nitrogens with zero attached hydrogens (tertiary/aromatic N) is 1. The second kappa shape index (κ2) is 5.80. The largest absolute Gasteiger partial charge is 0.492 e. The Kier molecular flexibility index (Phi) is 4.34. The van der Waals surface area contributed by atoms with Crippen molar-refractivity contribution in [3.05, 3.63) is 36.7 Å². The van der Waals surface area contributed by atoms with Crippen LogP contribution in [0, 0.1) is 0 Å². The number of carboxylic acid groups (broad SMARTS) is 1. The molecule has 4 heteroatoms. The first-order valence-corrected chi connectivity index (χ1v) is 4.66. The number of allylic oxidation sites excluding steroid dienone is 1. The highest BCUT2D eigenvalue weighted by molar-refractivity contribution is 5.87. The summed E-state index contributed by atoms with van der Waals surface area (Å²) in [7, 11) is 0. The molecule has 0 spiro atoms. The maximum atomic E-state index is 10.6. The van der Waals surface area contributed by atoms with Crippen LogP contribution < -0.4 is 4.74 Å². The van der Waals surface area contributed by atoms with Crippen molar-refractivity contribution in [3.63, 3.8) is 0 Å². The van der Waals surface area contributed by atoms with E-state index in [4.69, 9.17) is 9.84 Å². The van der Waals surface area contributed by atoms with Gasteiger partial charge in [0, 0.05) is 6.20 Å². The van der Waals surface area contributed by atoms with Gasteiger partial charge in [-0.2, -0.15) is 0 Å². The molecule has 0 atom stereocenters. The van der Waals surface area contributed by atoms with Gasteiger partial charge >= 0.3 is 5.97 Å². The van der Waals surface area contributed by atoms with Crippen molar-refractivity contribution >= 4 is 5.97 Å². The smallest absolute Gasteiger partial charge is 0.337 e. The lowest BCUT2D eigenvalue weighted by atomic mass is 10.3. The number of aromatic carboxylic acids is 1. The summed E-state index contributed by atoms with van der Waals surface area (Å²) in [5.74, 6) is -0.516. The fourth-order valence-electron chi connectivity index (χ4n) is 1.03. The van der Waals surface area contributed by atoms with E-state index in [-0.39, 0.29) is 5.56 Å². The van der Waals surface area contributed by atoms with Crippen LogP contribution >= 0.6 is 0 Å². The van der Waals surface area contributed by atoms with Crippen LogP contribution in [0.4, 0.5) is 0 Å². The molecule has 80 valence electrons. The summed E-state index contributed by atoms with van der Waals surface area (Å²) in [5, 5.41) is 8.71. The highest BCUT2D eigenvalue weighted by Gasteiger charge is 2.04. The van der Waals surface area contributed by atoms with Crippen LogP contribution in [0.15, 0.2) is 31.1 Å². The fourth-order valence-corrected chi connectivity index (χ4v) is 1.03. The van der Waals surface area contributed by atoms with Crippen LogP contribution in [-0.4, -0.2) is 22.7 Å². The van der Waals surface area contributed by atoms with Gasteiger partial charge < -0.3 is 9.84 Å². The van der Waals surface area contributed by atoms with Crippen molar-refractivity contribution in [2.45, 2.75) is 12.8 Å². The number of hydrogen-bond donors (Lipinski definition) is 1. The lowest BCUT2D eigenvalue weighted by molar-refractivity contribution is 0.0696. The predicted molar refractivity (Wildman–Crippen MR) is 56.1 cm³/mol. The van der Waals surface area contributed by atoms with Gasteiger partial charge in [0.15, 0.2) is 0 Å². The van der Waals surface area contributed by atoms with E-state index in [1.807, 2.05) is 6.08 Å². The van der Waals surface area contributed by atoms with Gasteiger partial charge in [-0.1, -0.05) is 6.08 Å². The van der Waals surface area contributed by atoms with Crippen molar-refractivity contribution in [2.24, 2.45) is 0 Å². The number of ether oxygens (including phenoxy) is 1. The minimum atomic E-state index is -1.00. The van der Waals surface area contributed by atoms with E-state index >= 15 is 0 Å². The Morgan fingerprint density at radius 2 is 2.40 bits per heavy atom. The van der Waals surface area contributed by atoms with Gasteiger partial charge in [0.2, 0.25) is 0 Å². The molecule has 0 bridgehead atoms. The maximum absolute atomic E-state index is 10.6. The van der Waals surface area contributed by atoms with Gasteiger partial charge in [-0.25, -0.2) is 4.79 Å². The molecule has 0 aliphatic carbocycles. The summed E-state index contributed by atoms with van der Waals surface area (Å²) < 4.78 is 5.33. The van der Waals surface area contributed by atoms with Crippen LogP contribution in [0.3, 0.4) is 0 Å². The molecule has 1 heterocycles. The molecule has 1 aromatic heterocycles. The number of rotatable bonds is 6. The summed E-state index contributed by atoms with van der Waals surface area (Å²) in [6, 6.07) is 1.46. The minimum Gasteiger partial charge on any atom is -0.492 e. The molecule has 0 aliphatic rings. The third-order valence-corrected chi connectivity index (χ3v) is 1.78. The third-order valence-electron chi connectivity index (χ3n) is 1.78. The Morgan fingerprint density at radius 1 is 1.60 bits per heavy atom. The van der Waals surface area contributed by atoms with Crippen LogP contribution in [0.5, 0.6) is 5.75 Å². The zero-order valence-electron chi connectivity index (χ0n) is 8.35. The second-order valence-electron chi connectivity index (χ2n) is 2.99. The molecule has 15 heavy (non-hydrogen) atoms. The zero-order valence-corrected chi connectivity index (χ0v) is 8.35. The molecule has 0 saturated heterocycles. The van der Waals surface area contributed by atoms with E-state index < -0.39 is 5.97 Å². The fraction of sp³-hybridized carbons (Fsp3) is 0.273. The summed E-state index contributed by atoms with van der Waals surface area (Å²) in [6.07, 6.45) is 6.35. The second-order valence-corrected chi connectivity index (χ2v) is 2.99. The normalized spacial score (nSPS) is 9.60. The van der Waals surface area contributed by atoms with Gasteiger partial charge in [0.25, 0.3) is 0 Å². The van der Waals surface area contributed by atoms with Crippen molar-refractivity contribution in [1.29, 1.82) is 0 Å². The molecule has 0 amide bonds. The number of carbonyl (C=O) groups is 1. The van der Waals surface area contributed by atoms with Crippen molar-refractivity contribution in [2.75, 3.05) is 6.61 Å². The van der Waals surface area contributed by atoms with E-state index in [0.717, 1.165) is 12.8 Å². The van der Waals surface area contributed by atoms with Crippen molar-refractivity contribution in [3.8, 4) is 5.75 Å². The molecule has 1 aromatic rings. The number of hydrogen-bond acceptors (Lipinski definition) is 3. The molecule has 0 unspecified atom stereocenters. The van der Waals surface area contributed by atoms with Gasteiger partial charge in [0.1, 0.15) is 5.75 Å². The van der Waals surface area contributed by atoms with Crippen LogP contribution in [0.25, 0.3) is 0 Å². The predicted octanol–water partition coefficient (Wildman–Crippen LogP) is 2.12. The molecule has 0 aromatic carbocycles. The maximum Gasteiger partial charge on any atom is 0.337 e. The van der Waals surface area contributed by atoms with Gasteiger partial charge in [-0.15, -0.1) is 6.58 Å². The standard InChI is InChI=1S/C11H13NO3/c1-2-3-4-5-15-10-6-9(11(13)14)7-12-8-10/h2,6-8H,1,3-5H2,(H,13,14). The topological polar surface area (TPSA) is 59.4 Å². The molecule has 0 aliphatic heterocycles. The Hall–Kier alpha value is -1.84. The molecule has 0 radical (unpaired) electrons. The summed E-state index contributed by atoms with van der Waals surface area (Å²) >= 11 is 0. The van der Waals surface area contributed by atoms with E-state index in [0.29, 0.717) is 12.4 Å². The number of unbranched alkanes of at least 4 members (excludes halogenated alkanes) is 1. The first kappa shape index (κ1) is 11.2. The van der Waals surface area contributed by atoms with Crippen LogP contribution in [0.1, 0.15) is 23.2 Å². The SMILES string of the molecule is C=CCCCOc1cncc(C(=O)O)c1. The van der Waals surface area contributed by atoms with E-state index in [1.54, 1.807) is 0 Å². The van der Waals surface area contributed by atoms with Gasteiger partial charge in [-0.05, 0) is 18.9 Å². The first-order valence-electron chi connectivity index (χ1n) is 4.66. The molecule has 0 fully saturated rings. The molecule has 1 N–H and O–H groups in total. The highest BCUT2D eigenvalue weighted by atomic mass is 16.5. The number of carboxylic acids is 1. The third kappa shape index (κ3) is 3.81. The van der Waals surface area contributed by atoms with Crippen molar-refractivity contribution in [1.82, 2.24) is 4.98 Å². The number of aromatic nitrogens is 1. The molecular formula is C11H13NO3. The molecule has 1 rings (SSSR count). The van der Waals surface area contributed by atoms with E-state index in [2.05, 4.69) is 11.6 Å². The van der Waals surface area contributed by atoms with E-state index in [9.17, 15) is 4.79 Å². The zero-order chi connectivity index (χ0) is 11.1. The Bertz CT molecular complexity index is 349. The Balaban J connectivity index is 2.50. The highest BCUT2D eigenvalue weighted by Crippen LogP contribution is 2.11. The quantitative estimate of drug-likeness (QED) is 0.573. The first-order chi connectivity index (χ1) is 7.24. The molecular weight excluding hydrogens is 194 g/mol. The Labute approximate surface area is 88.2 Å². The van der Waals surface area contributed by atoms with Crippen LogP contribution in [-0.2, 0) is 0 Å². The monoisotopic (exact) mass is 207 g/mol. The van der Waals surface area contributed by atoms with Crippen LogP contribution in [0.2, 0.25) is 0 Å². The average molecular weight is 207 g/mol. The van der Waals surface area contributed by atoms with Gasteiger partial charge in [0.05, 0.1) is 18.4 Å².